The molecule has 0 spiro atoms. The van der Waals surface area contributed by atoms with E-state index in [4.69, 9.17) is 5.26 Å². The third kappa shape index (κ3) is 2.51. The molecule has 0 amide bonds. The lowest BCUT2D eigenvalue weighted by atomic mass is 10.0. The zero-order valence-electron chi connectivity index (χ0n) is 10.3. The molecule has 18 heavy (non-hydrogen) atoms. The maximum absolute atomic E-state index is 13.6. The smallest absolute Gasteiger partial charge is 0.163 e. The third-order valence-corrected chi connectivity index (χ3v) is 3.59. The Labute approximate surface area is 106 Å². The molecule has 1 saturated carbocycles. The highest BCUT2D eigenvalue weighted by molar-refractivity contribution is 5.22. The molecule has 4 heteroatoms. The van der Waals surface area contributed by atoms with Crippen molar-refractivity contribution in [3.05, 3.63) is 35.4 Å². The summed E-state index contributed by atoms with van der Waals surface area (Å²) >= 11 is 0. The molecule has 1 aliphatic rings. The summed E-state index contributed by atoms with van der Waals surface area (Å²) in [5.74, 6) is -1.66. The Hall–Kier alpha value is -1.47. The van der Waals surface area contributed by atoms with Crippen molar-refractivity contribution in [3.63, 3.8) is 0 Å². The minimum Gasteiger partial charge on any atom is -0.306 e. The summed E-state index contributed by atoms with van der Waals surface area (Å²) in [5, 5.41) is 12.2. The molecule has 96 valence electrons. The van der Waals surface area contributed by atoms with E-state index in [0.29, 0.717) is 5.56 Å². The van der Waals surface area contributed by atoms with E-state index in [1.54, 1.807) is 13.0 Å². The minimum absolute atomic E-state index is 0.0240. The molecule has 2 nitrogen and oxygen atoms in total. The molecule has 0 aliphatic heterocycles. The van der Waals surface area contributed by atoms with Crippen LogP contribution in [0.25, 0.3) is 0 Å². The molecule has 2 rings (SSSR count). The molecule has 1 N–H and O–H groups in total. The van der Waals surface area contributed by atoms with Crippen molar-refractivity contribution in [1.29, 1.82) is 5.26 Å². The van der Waals surface area contributed by atoms with Crippen molar-refractivity contribution in [1.82, 2.24) is 5.32 Å². The van der Waals surface area contributed by atoms with Crippen LogP contribution in [0.4, 0.5) is 8.78 Å². The quantitative estimate of drug-likeness (QED) is 0.893. The highest BCUT2D eigenvalue weighted by Gasteiger charge is 2.28. The Morgan fingerprint density at radius 2 is 2.17 bits per heavy atom. The molecule has 0 saturated heterocycles. The van der Waals surface area contributed by atoms with Crippen LogP contribution in [-0.4, -0.2) is 6.04 Å². The van der Waals surface area contributed by atoms with Crippen molar-refractivity contribution < 1.29 is 8.78 Å². The Bertz CT molecular complexity index is 467. The van der Waals surface area contributed by atoms with E-state index in [0.717, 1.165) is 25.3 Å². The lowest BCUT2D eigenvalue weighted by Crippen LogP contribution is -2.34. The molecule has 1 aromatic carbocycles. The van der Waals surface area contributed by atoms with Crippen LogP contribution in [0.3, 0.4) is 0 Å². The predicted molar refractivity (Wildman–Crippen MR) is 64.7 cm³/mol. The first kappa shape index (κ1) is 13.0. The number of benzene rings is 1. The van der Waals surface area contributed by atoms with Crippen LogP contribution in [0.15, 0.2) is 18.2 Å². The number of hydrogen-bond acceptors (Lipinski definition) is 2. The van der Waals surface area contributed by atoms with Crippen LogP contribution in [-0.2, 0) is 0 Å². The van der Waals surface area contributed by atoms with E-state index < -0.39 is 11.6 Å². The van der Waals surface area contributed by atoms with E-state index in [-0.39, 0.29) is 18.0 Å². The molecule has 1 aliphatic carbocycles. The summed E-state index contributed by atoms with van der Waals surface area (Å²) < 4.78 is 26.8. The Morgan fingerprint density at radius 1 is 1.39 bits per heavy atom. The lowest BCUT2D eigenvalue weighted by Gasteiger charge is -2.22. The van der Waals surface area contributed by atoms with Crippen LogP contribution in [0.2, 0.25) is 0 Å². The number of nitrogens with zero attached hydrogens (tertiary/aromatic N) is 1. The van der Waals surface area contributed by atoms with E-state index >= 15 is 0 Å². The molecular weight excluding hydrogens is 234 g/mol. The van der Waals surface area contributed by atoms with Gasteiger partial charge in [-0.15, -0.1) is 0 Å². The second-order valence-corrected chi connectivity index (χ2v) is 4.80. The van der Waals surface area contributed by atoms with E-state index in [1.807, 2.05) is 0 Å². The maximum atomic E-state index is 13.6. The summed E-state index contributed by atoms with van der Waals surface area (Å²) in [5.41, 5.74) is 0.318. The fourth-order valence-corrected chi connectivity index (χ4v) is 2.58. The number of halogens is 2. The number of nitriles is 1. The van der Waals surface area contributed by atoms with Gasteiger partial charge < -0.3 is 5.32 Å². The largest absolute Gasteiger partial charge is 0.306 e. The first-order valence-electron chi connectivity index (χ1n) is 6.23. The normalized spacial score (nSPS) is 24.8. The predicted octanol–water partition coefficient (Wildman–Crippen LogP) is 3.31. The van der Waals surface area contributed by atoms with E-state index in [1.165, 1.54) is 6.07 Å². The van der Waals surface area contributed by atoms with Gasteiger partial charge in [0.2, 0.25) is 0 Å². The maximum Gasteiger partial charge on any atom is 0.163 e. The standard InChI is InChI=1S/C14H16F2N2/c1-9(11-5-3-6-12(15)14(11)16)18-13-7-2-4-10(13)8-17/h3,5-6,9-10,13,18H,2,4,7H2,1H3. The van der Waals surface area contributed by atoms with Crippen LogP contribution >= 0.6 is 0 Å². The van der Waals surface area contributed by atoms with Gasteiger partial charge >= 0.3 is 0 Å². The molecule has 1 fully saturated rings. The zero-order valence-corrected chi connectivity index (χ0v) is 10.3. The highest BCUT2D eigenvalue weighted by Crippen LogP contribution is 2.28. The van der Waals surface area contributed by atoms with Crippen LogP contribution in [0.1, 0.15) is 37.8 Å². The monoisotopic (exact) mass is 250 g/mol. The topological polar surface area (TPSA) is 35.8 Å². The number of nitrogens with one attached hydrogen (secondary N) is 1. The fraction of sp³-hybridized carbons (Fsp3) is 0.500. The van der Waals surface area contributed by atoms with E-state index in [9.17, 15) is 8.78 Å². The van der Waals surface area contributed by atoms with Gasteiger partial charge in [0.15, 0.2) is 11.6 Å². The van der Waals surface area contributed by atoms with E-state index in [2.05, 4.69) is 11.4 Å². The van der Waals surface area contributed by atoms with Gasteiger partial charge in [-0.2, -0.15) is 5.26 Å². The van der Waals surface area contributed by atoms with Crippen molar-refractivity contribution in [2.45, 2.75) is 38.3 Å². The number of rotatable bonds is 3. The SMILES string of the molecule is CC(NC1CCCC1C#N)c1cccc(F)c1F. The number of hydrogen-bond donors (Lipinski definition) is 1. The van der Waals surface area contributed by atoms with Crippen molar-refractivity contribution >= 4 is 0 Å². The lowest BCUT2D eigenvalue weighted by molar-refractivity contribution is 0.401. The van der Waals surface area contributed by atoms with Crippen LogP contribution in [0, 0.1) is 28.9 Å². The molecule has 1 aromatic rings. The molecule has 3 atom stereocenters. The van der Waals surface area contributed by atoms with Gasteiger partial charge in [-0.3, -0.25) is 0 Å². The summed E-state index contributed by atoms with van der Waals surface area (Å²) in [6, 6.07) is 6.24. The van der Waals surface area contributed by atoms with Gasteiger partial charge in [0.05, 0.1) is 12.0 Å². The summed E-state index contributed by atoms with van der Waals surface area (Å²) in [6.07, 6.45) is 2.81. The molecule has 0 heterocycles. The average Bonchev–Trinajstić information content (AvgIpc) is 2.79. The Morgan fingerprint density at radius 3 is 2.89 bits per heavy atom. The summed E-state index contributed by atoms with van der Waals surface area (Å²) in [4.78, 5) is 0. The van der Waals surface area contributed by atoms with Crippen molar-refractivity contribution in [2.24, 2.45) is 5.92 Å². The second-order valence-electron chi connectivity index (χ2n) is 4.80. The van der Waals surface area contributed by atoms with Crippen molar-refractivity contribution in [3.8, 4) is 6.07 Å². The molecular formula is C14H16F2N2. The second kappa shape index (κ2) is 5.45. The van der Waals surface area contributed by atoms with Gasteiger partial charge in [-0.25, -0.2) is 8.78 Å². The highest BCUT2D eigenvalue weighted by atomic mass is 19.2. The average molecular weight is 250 g/mol. The third-order valence-electron chi connectivity index (χ3n) is 3.59. The Balaban J connectivity index is 2.10. The molecule has 3 unspecified atom stereocenters. The minimum atomic E-state index is -0.829. The first-order chi connectivity index (χ1) is 8.63. The van der Waals surface area contributed by atoms with Crippen LogP contribution in [0.5, 0.6) is 0 Å². The van der Waals surface area contributed by atoms with Gasteiger partial charge in [0, 0.05) is 17.6 Å². The van der Waals surface area contributed by atoms with Crippen molar-refractivity contribution in [2.75, 3.05) is 0 Å². The first-order valence-corrected chi connectivity index (χ1v) is 6.23. The van der Waals surface area contributed by atoms with Crippen LogP contribution < -0.4 is 5.32 Å². The van der Waals surface area contributed by atoms with Gasteiger partial charge in [0.25, 0.3) is 0 Å². The summed E-state index contributed by atoms with van der Waals surface area (Å²) in [6.45, 7) is 1.80. The van der Waals surface area contributed by atoms with Gasteiger partial charge in [0.1, 0.15) is 0 Å². The molecule has 0 bridgehead atoms. The summed E-state index contributed by atoms with van der Waals surface area (Å²) in [7, 11) is 0. The van der Waals surface area contributed by atoms with Gasteiger partial charge in [-0.1, -0.05) is 18.6 Å². The Kier molecular flexibility index (Phi) is 3.93. The zero-order chi connectivity index (χ0) is 13.1. The molecule has 0 radical (unpaired) electrons. The fourth-order valence-electron chi connectivity index (χ4n) is 2.58. The van der Waals surface area contributed by atoms with Gasteiger partial charge in [-0.05, 0) is 25.8 Å². The molecule has 0 aromatic heterocycles.